The van der Waals surface area contributed by atoms with Gasteiger partial charge in [-0.1, -0.05) is 6.07 Å². The molecule has 0 spiro atoms. The molecular formula is C11H14N2O2. The third-order valence-electron chi connectivity index (χ3n) is 2.84. The number of rotatable bonds is 2. The molecule has 1 heterocycles. The van der Waals surface area contributed by atoms with Crippen LogP contribution in [0.3, 0.4) is 0 Å². The van der Waals surface area contributed by atoms with Crippen molar-refractivity contribution >= 4 is 11.7 Å². The fourth-order valence-electron chi connectivity index (χ4n) is 2.11. The molecule has 0 atom stereocenters. The average molecular weight is 206 g/mol. The van der Waals surface area contributed by atoms with Gasteiger partial charge in [0.25, 0.3) is 0 Å². The molecule has 0 unspecified atom stereocenters. The third kappa shape index (κ3) is 1.68. The minimum Gasteiger partial charge on any atom is -0.478 e. The highest BCUT2D eigenvalue weighted by Gasteiger charge is 2.29. The smallest absolute Gasteiger partial charge is 0.336 e. The van der Waals surface area contributed by atoms with Crippen LogP contribution in [0.5, 0.6) is 0 Å². The van der Waals surface area contributed by atoms with E-state index < -0.39 is 5.97 Å². The van der Waals surface area contributed by atoms with Gasteiger partial charge >= 0.3 is 5.97 Å². The number of hydrogen-bond donors (Lipinski definition) is 2. The van der Waals surface area contributed by atoms with E-state index in [4.69, 9.17) is 10.8 Å². The summed E-state index contributed by atoms with van der Waals surface area (Å²) in [6.45, 7) is 1.77. The van der Waals surface area contributed by atoms with Crippen LogP contribution in [0.15, 0.2) is 18.2 Å². The summed E-state index contributed by atoms with van der Waals surface area (Å²) in [7, 11) is 2.01. The molecule has 4 heteroatoms. The molecule has 3 N–H and O–H groups in total. The van der Waals surface area contributed by atoms with E-state index in [1.807, 2.05) is 7.05 Å². The summed E-state index contributed by atoms with van der Waals surface area (Å²) < 4.78 is 0. The molecule has 0 bridgehead atoms. The maximum atomic E-state index is 11.0. The second-order valence-corrected chi connectivity index (χ2v) is 4.03. The van der Waals surface area contributed by atoms with Gasteiger partial charge in [0.1, 0.15) is 0 Å². The highest BCUT2D eigenvalue weighted by atomic mass is 16.4. The molecule has 15 heavy (non-hydrogen) atoms. The molecule has 4 nitrogen and oxygen atoms in total. The van der Waals surface area contributed by atoms with Crippen molar-refractivity contribution in [1.82, 2.24) is 4.90 Å². The van der Waals surface area contributed by atoms with Gasteiger partial charge in [0.05, 0.1) is 5.56 Å². The normalized spacial score (nSPS) is 17.4. The summed E-state index contributed by atoms with van der Waals surface area (Å²) in [5.41, 5.74) is 7.56. The first-order valence-electron chi connectivity index (χ1n) is 4.90. The predicted molar refractivity (Wildman–Crippen MR) is 58.1 cm³/mol. The number of likely N-dealkylation sites (tertiary alicyclic amines) is 1. The number of hydrogen-bond acceptors (Lipinski definition) is 3. The van der Waals surface area contributed by atoms with Crippen molar-refractivity contribution in [2.45, 2.75) is 5.92 Å². The van der Waals surface area contributed by atoms with E-state index in [9.17, 15) is 4.79 Å². The molecule has 0 saturated carbocycles. The molecule has 1 aromatic rings. The summed E-state index contributed by atoms with van der Waals surface area (Å²) in [6, 6.07) is 5.07. The van der Waals surface area contributed by atoms with Crippen molar-refractivity contribution in [3.05, 3.63) is 29.3 Å². The van der Waals surface area contributed by atoms with Crippen molar-refractivity contribution in [3.63, 3.8) is 0 Å². The van der Waals surface area contributed by atoms with Crippen LogP contribution in [0, 0.1) is 0 Å². The van der Waals surface area contributed by atoms with Crippen molar-refractivity contribution in [2.24, 2.45) is 0 Å². The van der Waals surface area contributed by atoms with E-state index in [1.54, 1.807) is 18.2 Å². The summed E-state index contributed by atoms with van der Waals surface area (Å²) in [5.74, 6) is -0.630. The third-order valence-corrected chi connectivity index (χ3v) is 2.84. The Kier molecular flexibility index (Phi) is 2.36. The van der Waals surface area contributed by atoms with Gasteiger partial charge in [0.2, 0.25) is 0 Å². The molecule has 1 aromatic carbocycles. The number of carboxylic acid groups (broad SMARTS) is 1. The molecular weight excluding hydrogens is 192 g/mol. The van der Waals surface area contributed by atoms with Gasteiger partial charge in [-0.15, -0.1) is 0 Å². The second kappa shape index (κ2) is 3.55. The monoisotopic (exact) mass is 206 g/mol. The largest absolute Gasteiger partial charge is 0.478 e. The molecule has 0 aromatic heterocycles. The number of nitrogens with two attached hydrogens (primary N) is 1. The van der Waals surface area contributed by atoms with E-state index in [1.165, 1.54) is 0 Å². The SMILES string of the molecule is CN1CC(c2c(N)cccc2C(=O)O)C1. The number of nitrogen functional groups attached to an aromatic ring is 1. The van der Waals surface area contributed by atoms with Crippen molar-refractivity contribution < 1.29 is 9.90 Å². The number of likely N-dealkylation sites (N-methyl/N-ethyl adjacent to an activating group) is 1. The van der Waals surface area contributed by atoms with Gasteiger partial charge in [-0.2, -0.15) is 0 Å². The molecule has 0 aliphatic carbocycles. The molecule has 1 fully saturated rings. The van der Waals surface area contributed by atoms with Gasteiger partial charge in [-0.3, -0.25) is 0 Å². The van der Waals surface area contributed by atoms with Gasteiger partial charge in [-0.05, 0) is 24.7 Å². The van der Waals surface area contributed by atoms with Crippen LogP contribution in [0.1, 0.15) is 21.8 Å². The van der Waals surface area contributed by atoms with Crippen LogP contribution in [-0.2, 0) is 0 Å². The Labute approximate surface area is 88.3 Å². The quantitative estimate of drug-likeness (QED) is 0.708. The Balaban J connectivity index is 2.39. The van der Waals surface area contributed by atoms with Gasteiger partial charge in [-0.25, -0.2) is 4.79 Å². The molecule has 0 radical (unpaired) electrons. The Morgan fingerprint density at radius 1 is 1.53 bits per heavy atom. The van der Waals surface area contributed by atoms with E-state index >= 15 is 0 Å². The minimum atomic E-state index is -0.896. The molecule has 1 aliphatic heterocycles. The lowest BCUT2D eigenvalue weighted by Crippen LogP contribution is -2.42. The number of nitrogens with zero attached hydrogens (tertiary/aromatic N) is 1. The van der Waals surface area contributed by atoms with Crippen molar-refractivity contribution in [2.75, 3.05) is 25.9 Å². The zero-order valence-electron chi connectivity index (χ0n) is 8.60. The first-order valence-corrected chi connectivity index (χ1v) is 4.90. The molecule has 0 amide bonds. The number of aromatic carboxylic acids is 1. The highest BCUT2D eigenvalue weighted by Crippen LogP contribution is 2.32. The first-order chi connectivity index (χ1) is 7.09. The van der Waals surface area contributed by atoms with Crippen LogP contribution in [0.2, 0.25) is 0 Å². The topological polar surface area (TPSA) is 66.6 Å². The zero-order valence-corrected chi connectivity index (χ0v) is 8.60. The number of carbonyl (C=O) groups is 1. The summed E-state index contributed by atoms with van der Waals surface area (Å²) in [4.78, 5) is 13.2. The molecule has 2 rings (SSSR count). The van der Waals surface area contributed by atoms with Gasteiger partial charge in [0.15, 0.2) is 0 Å². The van der Waals surface area contributed by atoms with Crippen LogP contribution >= 0.6 is 0 Å². The first kappa shape index (κ1) is 9.98. The average Bonchev–Trinajstić information content (AvgIpc) is 2.13. The Hall–Kier alpha value is -1.55. The fraction of sp³-hybridized carbons (Fsp3) is 0.364. The van der Waals surface area contributed by atoms with Crippen LogP contribution in [0.25, 0.3) is 0 Å². The minimum absolute atomic E-state index is 0.266. The van der Waals surface area contributed by atoms with Crippen LogP contribution in [0.4, 0.5) is 5.69 Å². The molecule has 80 valence electrons. The molecule has 1 saturated heterocycles. The Morgan fingerprint density at radius 2 is 2.20 bits per heavy atom. The fourth-order valence-corrected chi connectivity index (χ4v) is 2.11. The van der Waals surface area contributed by atoms with E-state index in [0.717, 1.165) is 18.7 Å². The Morgan fingerprint density at radius 3 is 2.73 bits per heavy atom. The van der Waals surface area contributed by atoms with Crippen LogP contribution < -0.4 is 5.73 Å². The lowest BCUT2D eigenvalue weighted by molar-refractivity contribution is 0.0692. The highest BCUT2D eigenvalue weighted by molar-refractivity contribution is 5.91. The van der Waals surface area contributed by atoms with Gasteiger partial charge < -0.3 is 15.7 Å². The maximum Gasteiger partial charge on any atom is 0.336 e. The second-order valence-electron chi connectivity index (χ2n) is 4.03. The number of carboxylic acids is 1. The number of anilines is 1. The van der Waals surface area contributed by atoms with E-state index in [2.05, 4.69) is 4.90 Å². The van der Waals surface area contributed by atoms with E-state index in [-0.39, 0.29) is 5.92 Å². The molecule has 1 aliphatic rings. The van der Waals surface area contributed by atoms with Crippen LogP contribution in [-0.4, -0.2) is 36.1 Å². The zero-order chi connectivity index (χ0) is 11.0. The number of benzene rings is 1. The Bertz CT molecular complexity index is 398. The summed E-state index contributed by atoms with van der Waals surface area (Å²) >= 11 is 0. The van der Waals surface area contributed by atoms with Crippen molar-refractivity contribution in [1.29, 1.82) is 0 Å². The van der Waals surface area contributed by atoms with E-state index in [0.29, 0.717) is 11.3 Å². The van der Waals surface area contributed by atoms with Crippen molar-refractivity contribution in [3.8, 4) is 0 Å². The summed E-state index contributed by atoms with van der Waals surface area (Å²) in [5, 5.41) is 9.06. The maximum absolute atomic E-state index is 11.0. The predicted octanol–water partition coefficient (Wildman–Crippen LogP) is 0.996. The van der Waals surface area contributed by atoms with Gasteiger partial charge in [0, 0.05) is 24.7 Å². The lowest BCUT2D eigenvalue weighted by atomic mass is 9.87. The standard InChI is InChI=1S/C11H14N2O2/c1-13-5-7(6-13)10-8(11(14)15)3-2-4-9(10)12/h2-4,7H,5-6,12H2,1H3,(H,14,15). The summed E-state index contributed by atoms with van der Waals surface area (Å²) in [6.07, 6.45) is 0. The lowest BCUT2D eigenvalue weighted by Gasteiger charge is -2.37.